The molecule has 0 N–H and O–H groups in total. The number of halogens is 2. The average Bonchev–Trinajstić information content (AvgIpc) is 3.37. The van der Waals surface area contributed by atoms with Gasteiger partial charge in [0.05, 0.1) is 22.3 Å². The van der Waals surface area contributed by atoms with Gasteiger partial charge in [-0.25, -0.2) is 4.98 Å². The second-order valence-electron chi connectivity index (χ2n) is 6.79. The summed E-state index contributed by atoms with van der Waals surface area (Å²) in [7, 11) is 0. The van der Waals surface area contributed by atoms with Crippen LogP contribution in [0.4, 0.5) is 0 Å². The van der Waals surface area contributed by atoms with Crippen molar-refractivity contribution in [1.29, 1.82) is 0 Å². The SMILES string of the molecule is Cc1onc(-c2ccccc2)c1-c1nnc(Cn2cnc3c(Cl)cc(Cl)cc3c2=O)o1. The molecule has 0 atom stereocenters. The van der Waals surface area contributed by atoms with Crippen LogP contribution in [-0.4, -0.2) is 24.9 Å². The molecule has 0 saturated carbocycles. The molecule has 0 aliphatic rings. The van der Waals surface area contributed by atoms with Gasteiger partial charge >= 0.3 is 0 Å². The minimum atomic E-state index is -0.319. The summed E-state index contributed by atoms with van der Waals surface area (Å²) in [5, 5.41) is 13.3. The van der Waals surface area contributed by atoms with E-state index in [-0.39, 0.29) is 23.9 Å². The van der Waals surface area contributed by atoms with E-state index in [1.54, 1.807) is 6.92 Å². The second kappa shape index (κ2) is 7.64. The van der Waals surface area contributed by atoms with Gasteiger partial charge in [-0.15, -0.1) is 10.2 Å². The summed E-state index contributed by atoms with van der Waals surface area (Å²) >= 11 is 12.2. The van der Waals surface area contributed by atoms with Crippen molar-refractivity contribution in [2.75, 3.05) is 0 Å². The van der Waals surface area contributed by atoms with Crippen molar-refractivity contribution in [3.05, 3.63) is 80.8 Å². The minimum Gasteiger partial charge on any atom is -0.419 e. The Hall–Kier alpha value is -3.49. The van der Waals surface area contributed by atoms with Crippen LogP contribution in [0.25, 0.3) is 33.6 Å². The molecule has 0 radical (unpaired) electrons. The summed E-state index contributed by atoms with van der Waals surface area (Å²) in [4.78, 5) is 17.1. The summed E-state index contributed by atoms with van der Waals surface area (Å²) < 4.78 is 12.5. The lowest BCUT2D eigenvalue weighted by atomic mass is 10.1. The molecular weight excluding hydrogens is 441 g/mol. The predicted molar refractivity (Wildman–Crippen MR) is 115 cm³/mol. The van der Waals surface area contributed by atoms with Crippen LogP contribution in [0.1, 0.15) is 11.7 Å². The molecule has 5 rings (SSSR count). The monoisotopic (exact) mass is 453 g/mol. The molecule has 0 unspecified atom stereocenters. The molecule has 5 aromatic rings. The molecule has 3 aromatic heterocycles. The molecule has 3 heterocycles. The van der Waals surface area contributed by atoms with Gasteiger partial charge in [0.1, 0.15) is 23.6 Å². The number of aryl methyl sites for hydroxylation is 1. The summed E-state index contributed by atoms with van der Waals surface area (Å²) in [6.45, 7) is 1.80. The maximum Gasteiger partial charge on any atom is 0.261 e. The van der Waals surface area contributed by atoms with Gasteiger partial charge < -0.3 is 8.94 Å². The van der Waals surface area contributed by atoms with Crippen LogP contribution in [0.2, 0.25) is 10.0 Å². The zero-order valence-electron chi connectivity index (χ0n) is 16.0. The lowest BCUT2D eigenvalue weighted by molar-refractivity contribution is 0.399. The fraction of sp³-hybridized carbons (Fsp3) is 0.0952. The van der Waals surface area contributed by atoms with E-state index in [2.05, 4.69) is 20.3 Å². The minimum absolute atomic E-state index is 0.0317. The van der Waals surface area contributed by atoms with Gasteiger partial charge in [-0.3, -0.25) is 9.36 Å². The van der Waals surface area contributed by atoms with Crippen LogP contribution >= 0.6 is 23.2 Å². The third kappa shape index (κ3) is 3.49. The molecule has 0 saturated heterocycles. The molecule has 0 amide bonds. The van der Waals surface area contributed by atoms with Crippen molar-refractivity contribution in [3.63, 3.8) is 0 Å². The molecule has 8 nitrogen and oxygen atoms in total. The first-order chi connectivity index (χ1) is 15.0. The lowest BCUT2D eigenvalue weighted by Crippen LogP contribution is -2.21. The molecule has 0 fully saturated rings. The topological polar surface area (TPSA) is 99.8 Å². The van der Waals surface area contributed by atoms with Crippen molar-refractivity contribution in [3.8, 4) is 22.7 Å². The highest BCUT2D eigenvalue weighted by atomic mass is 35.5. The first kappa shape index (κ1) is 19.5. The number of rotatable bonds is 4. The third-order valence-electron chi connectivity index (χ3n) is 4.74. The van der Waals surface area contributed by atoms with E-state index in [9.17, 15) is 4.79 Å². The summed E-state index contributed by atoms with van der Waals surface area (Å²) in [5.74, 6) is 1.02. The van der Waals surface area contributed by atoms with Crippen molar-refractivity contribution in [1.82, 2.24) is 24.9 Å². The number of hydrogen-bond donors (Lipinski definition) is 0. The molecule has 0 aliphatic heterocycles. The van der Waals surface area contributed by atoms with Crippen LogP contribution in [0, 0.1) is 6.92 Å². The zero-order chi connectivity index (χ0) is 21.5. The maximum absolute atomic E-state index is 12.9. The number of benzene rings is 2. The van der Waals surface area contributed by atoms with E-state index in [0.29, 0.717) is 38.0 Å². The van der Waals surface area contributed by atoms with E-state index in [1.807, 2.05) is 30.3 Å². The first-order valence-corrected chi connectivity index (χ1v) is 9.95. The summed E-state index contributed by atoms with van der Waals surface area (Å²) in [6, 6.07) is 12.6. The number of fused-ring (bicyclic) bond motifs is 1. The van der Waals surface area contributed by atoms with E-state index in [4.69, 9.17) is 32.1 Å². The highest BCUT2D eigenvalue weighted by molar-refractivity contribution is 6.38. The molecule has 0 aliphatic carbocycles. The summed E-state index contributed by atoms with van der Waals surface area (Å²) in [5.41, 5.74) is 2.12. The Balaban J connectivity index is 1.52. The van der Waals surface area contributed by atoms with Gasteiger partial charge in [0.25, 0.3) is 11.4 Å². The van der Waals surface area contributed by atoms with Gasteiger partial charge in [0, 0.05) is 10.6 Å². The largest absolute Gasteiger partial charge is 0.419 e. The normalized spacial score (nSPS) is 11.3. The number of nitrogens with zero attached hydrogens (tertiary/aromatic N) is 5. The molecule has 2 aromatic carbocycles. The third-order valence-corrected chi connectivity index (χ3v) is 5.25. The van der Waals surface area contributed by atoms with Crippen molar-refractivity contribution < 1.29 is 8.94 Å². The standard InChI is InChI=1S/C21H13Cl2N5O3/c1-11-17(18(27-31-11)12-5-3-2-4-6-12)20-26-25-16(30-20)9-28-10-24-19-14(21(28)29)7-13(22)8-15(19)23/h2-8,10H,9H2,1H3. The fourth-order valence-corrected chi connectivity index (χ4v) is 3.83. The Kier molecular flexibility index (Phi) is 4.80. The molecule has 10 heteroatoms. The smallest absolute Gasteiger partial charge is 0.261 e. The quantitative estimate of drug-likeness (QED) is 0.386. The van der Waals surface area contributed by atoms with Crippen LogP contribution in [0.15, 0.2) is 62.5 Å². The molecular formula is C21H13Cl2N5O3. The lowest BCUT2D eigenvalue weighted by Gasteiger charge is -2.05. The Morgan fingerprint density at radius 3 is 2.71 bits per heavy atom. The number of aromatic nitrogens is 5. The van der Waals surface area contributed by atoms with Gasteiger partial charge in [0.2, 0.25) is 5.89 Å². The second-order valence-corrected chi connectivity index (χ2v) is 7.63. The summed E-state index contributed by atoms with van der Waals surface area (Å²) in [6.07, 6.45) is 1.38. The molecule has 0 bridgehead atoms. The zero-order valence-corrected chi connectivity index (χ0v) is 17.6. The average molecular weight is 454 g/mol. The Labute approximate surface area is 185 Å². The Morgan fingerprint density at radius 1 is 1.10 bits per heavy atom. The molecule has 0 spiro atoms. The van der Waals surface area contributed by atoms with Crippen molar-refractivity contribution >= 4 is 34.1 Å². The first-order valence-electron chi connectivity index (χ1n) is 9.20. The van der Waals surface area contributed by atoms with Gasteiger partial charge in [0.15, 0.2) is 0 Å². The van der Waals surface area contributed by atoms with Gasteiger partial charge in [-0.1, -0.05) is 58.7 Å². The Morgan fingerprint density at radius 2 is 1.90 bits per heavy atom. The van der Waals surface area contributed by atoms with Gasteiger partial charge in [-0.05, 0) is 19.1 Å². The molecule has 154 valence electrons. The van der Waals surface area contributed by atoms with Crippen LogP contribution in [0.5, 0.6) is 0 Å². The van der Waals surface area contributed by atoms with Gasteiger partial charge in [-0.2, -0.15) is 0 Å². The highest BCUT2D eigenvalue weighted by Gasteiger charge is 2.22. The van der Waals surface area contributed by atoms with E-state index >= 15 is 0 Å². The van der Waals surface area contributed by atoms with E-state index in [0.717, 1.165) is 5.56 Å². The maximum atomic E-state index is 12.9. The van der Waals surface area contributed by atoms with Crippen molar-refractivity contribution in [2.45, 2.75) is 13.5 Å². The number of hydrogen-bond acceptors (Lipinski definition) is 7. The highest BCUT2D eigenvalue weighted by Crippen LogP contribution is 2.33. The van der Waals surface area contributed by atoms with Crippen molar-refractivity contribution in [2.24, 2.45) is 0 Å². The van der Waals surface area contributed by atoms with E-state index in [1.165, 1.54) is 23.0 Å². The Bertz CT molecular complexity index is 1470. The van der Waals surface area contributed by atoms with Crippen LogP contribution in [-0.2, 0) is 6.54 Å². The molecule has 31 heavy (non-hydrogen) atoms. The predicted octanol–water partition coefficient (Wildman–Crippen LogP) is 4.77. The van der Waals surface area contributed by atoms with Crippen LogP contribution < -0.4 is 5.56 Å². The van der Waals surface area contributed by atoms with Crippen LogP contribution in [0.3, 0.4) is 0 Å². The fourth-order valence-electron chi connectivity index (χ4n) is 3.29. The van der Waals surface area contributed by atoms with E-state index < -0.39 is 0 Å².